The molecule has 6 aromatic rings. The second-order valence-corrected chi connectivity index (χ2v) is 11.3. The molecule has 2 amide bonds. The third kappa shape index (κ3) is 14.1. The molecule has 0 unspecified atom stereocenters. The zero-order valence-electron chi connectivity index (χ0n) is 31.1. The molecule has 0 saturated heterocycles. The van der Waals surface area contributed by atoms with Crippen molar-refractivity contribution < 1.29 is 130 Å². The van der Waals surface area contributed by atoms with Gasteiger partial charge in [0.05, 0.1) is 59.4 Å². The third-order valence-corrected chi connectivity index (χ3v) is 7.75. The van der Waals surface area contributed by atoms with Crippen molar-refractivity contribution >= 4 is 51.5 Å². The normalized spacial score (nSPS) is 11.9. The van der Waals surface area contributed by atoms with Gasteiger partial charge in [0.1, 0.15) is 35.1 Å². The second-order valence-electron chi connectivity index (χ2n) is 11.3. The summed E-state index contributed by atoms with van der Waals surface area (Å²) in [5, 5.41) is 2.56. The number of fused-ring (bicyclic) bond motifs is 4. The smallest absolute Gasteiger partial charge is 0.251 e. The molecule has 295 valence electrons. The Morgan fingerprint density at radius 1 is 0.655 bits per heavy atom. The predicted octanol–water partition coefficient (Wildman–Crippen LogP) is 5.14. The minimum Gasteiger partial charge on any atom is -0.466 e. The molecule has 58 heavy (non-hydrogen) atoms. The van der Waals surface area contributed by atoms with Gasteiger partial charge in [0.15, 0.2) is 5.91 Å². The number of nitrogens with zero attached hydrogens (tertiary/aromatic N) is 7. The van der Waals surface area contributed by atoms with Crippen LogP contribution in [0.25, 0.3) is 22.1 Å². The van der Waals surface area contributed by atoms with Gasteiger partial charge in [-0.25, -0.2) is 24.6 Å². The van der Waals surface area contributed by atoms with Gasteiger partial charge in [0, 0.05) is 153 Å². The first-order chi connectivity index (χ1) is 26.3. The van der Waals surface area contributed by atoms with Gasteiger partial charge in [0.25, 0.3) is 5.56 Å². The van der Waals surface area contributed by atoms with Crippen LogP contribution >= 0.6 is 0 Å². The van der Waals surface area contributed by atoms with Crippen LogP contribution in [0.5, 0.6) is 0 Å². The Kier molecular flexibility index (Phi) is 22.9. The Morgan fingerprint density at radius 2 is 1.16 bits per heavy atom. The van der Waals surface area contributed by atoms with Crippen molar-refractivity contribution in [3.8, 4) is 0 Å². The van der Waals surface area contributed by atoms with Crippen molar-refractivity contribution in [3.05, 3.63) is 150 Å². The van der Waals surface area contributed by atoms with E-state index in [4.69, 9.17) is 0 Å². The van der Waals surface area contributed by atoms with Crippen molar-refractivity contribution in [1.82, 2.24) is 29.1 Å². The van der Waals surface area contributed by atoms with Crippen LogP contribution in [0.2, 0.25) is 0 Å². The SMILES string of the molecule is O=C1CCc2ncc(F)cc2N1.O=CCn1c(=O)ccc2ncc(F)cc21.[CH2-]C.[CH2-]N1C(=O)CCc2ncc(F)cc21.[CH2-]n1c(=O)ccc2ncc(F)cc21.[Y].[Y].[Y]. The van der Waals surface area contributed by atoms with Crippen molar-refractivity contribution in [2.24, 2.45) is 0 Å². The van der Waals surface area contributed by atoms with Crippen LogP contribution in [0.4, 0.5) is 28.9 Å². The molecule has 0 fully saturated rings. The largest absolute Gasteiger partial charge is 0.466 e. The summed E-state index contributed by atoms with van der Waals surface area (Å²) in [5.74, 6) is -2.05. The van der Waals surface area contributed by atoms with Gasteiger partial charge in [-0.2, -0.15) is 6.92 Å². The standard InChI is InChI=1S/C10H7FN2O2.C9H8FN2O.C9H6FN2O.C8H7FN2O.C2H5.3Y/c11-7-5-9-8(12-6-7)1-2-10(15)13(9)3-4-14;2*1-12-8-4-6(10)5-11-7(8)2-3-9(12)13;9-5-3-7-6(10-4-5)1-2-8(12)11-7;1-2;;;/h1-2,4-6H,3H2;4-5H,1-3H2;2-5H,1H2;3-4H,1-2H2,(H,11,12);1H2,2H3;;;/q;2*-1;;-1;;;. The zero-order chi connectivity index (χ0) is 40.2. The van der Waals surface area contributed by atoms with Crippen LogP contribution in [0.3, 0.4) is 0 Å². The molecule has 8 heterocycles. The van der Waals surface area contributed by atoms with Crippen LogP contribution in [-0.2, 0) is 132 Å². The Bertz CT molecular complexity index is 2490. The van der Waals surface area contributed by atoms with E-state index in [9.17, 15) is 41.5 Å². The second kappa shape index (κ2) is 25.2. The van der Waals surface area contributed by atoms with Gasteiger partial charge in [-0.05, 0) is 17.6 Å². The summed E-state index contributed by atoms with van der Waals surface area (Å²) in [4.78, 5) is 71.5. The Morgan fingerprint density at radius 3 is 1.78 bits per heavy atom. The summed E-state index contributed by atoms with van der Waals surface area (Å²) >= 11 is 0. The molecular weight excluding hydrogens is 991 g/mol. The number of amides is 2. The first-order valence-electron chi connectivity index (χ1n) is 16.3. The molecule has 3 radical (unpaired) electrons. The molecular formula is C38H33F4N8O5Y3-3. The number of aromatic nitrogens is 6. The van der Waals surface area contributed by atoms with Crippen LogP contribution in [0.15, 0.2) is 82.9 Å². The topological polar surface area (TPSA) is 162 Å². The summed E-state index contributed by atoms with van der Waals surface area (Å²) in [6.07, 6.45) is 7.08. The number of hydrogen-bond acceptors (Lipinski definition) is 9. The van der Waals surface area contributed by atoms with Crippen LogP contribution in [0, 0.1) is 44.3 Å². The molecule has 0 aromatic carbocycles. The van der Waals surface area contributed by atoms with E-state index < -0.39 is 23.3 Å². The molecule has 20 heteroatoms. The number of pyridine rings is 6. The maximum atomic E-state index is 12.9. The van der Waals surface area contributed by atoms with Gasteiger partial charge in [-0.15, -0.1) is 7.05 Å². The van der Waals surface area contributed by atoms with E-state index in [-0.39, 0.29) is 128 Å². The molecule has 0 bridgehead atoms. The van der Waals surface area contributed by atoms with E-state index >= 15 is 0 Å². The summed E-state index contributed by atoms with van der Waals surface area (Å²) < 4.78 is 53.3. The van der Waals surface area contributed by atoms with Gasteiger partial charge >= 0.3 is 0 Å². The van der Waals surface area contributed by atoms with Crippen LogP contribution < -0.4 is 21.3 Å². The number of aryl methyl sites for hydroxylation is 2. The average molecular weight is 1020 g/mol. The Labute approximate surface area is 405 Å². The first kappa shape index (κ1) is 52.6. The number of nitrogens with one attached hydrogen (secondary N) is 1. The molecule has 0 saturated carbocycles. The quantitative estimate of drug-likeness (QED) is 0.141. The fourth-order valence-corrected chi connectivity index (χ4v) is 5.15. The average Bonchev–Trinajstić information content (AvgIpc) is 3.18. The molecule has 0 atom stereocenters. The fourth-order valence-electron chi connectivity index (χ4n) is 5.15. The van der Waals surface area contributed by atoms with Crippen molar-refractivity contribution in [2.75, 3.05) is 10.2 Å². The fraction of sp³-hybridized carbons (Fsp3) is 0.158. The van der Waals surface area contributed by atoms with Crippen molar-refractivity contribution in [2.45, 2.75) is 39.2 Å². The van der Waals surface area contributed by atoms with E-state index in [0.29, 0.717) is 65.4 Å². The number of anilines is 2. The van der Waals surface area contributed by atoms with Crippen LogP contribution in [0.1, 0.15) is 31.2 Å². The minimum atomic E-state index is -0.534. The number of carbonyl (C=O) groups is 3. The molecule has 8 rings (SSSR count). The third-order valence-electron chi connectivity index (χ3n) is 7.75. The van der Waals surface area contributed by atoms with Crippen LogP contribution in [-0.4, -0.2) is 47.2 Å². The Balaban J connectivity index is 0.000000375. The van der Waals surface area contributed by atoms with Gasteiger partial charge < -0.3 is 31.3 Å². The van der Waals surface area contributed by atoms with E-state index in [1.807, 2.05) is 0 Å². The van der Waals surface area contributed by atoms with E-state index in [2.05, 4.69) is 46.3 Å². The maximum Gasteiger partial charge on any atom is 0.251 e. The summed E-state index contributed by atoms with van der Waals surface area (Å²) in [6, 6.07) is 10.7. The molecule has 2 aliphatic rings. The first-order valence-corrected chi connectivity index (χ1v) is 16.3. The van der Waals surface area contributed by atoms with E-state index in [1.54, 1.807) is 13.0 Å². The van der Waals surface area contributed by atoms with Crippen molar-refractivity contribution in [1.29, 1.82) is 0 Å². The predicted molar refractivity (Wildman–Crippen MR) is 196 cm³/mol. The summed E-state index contributed by atoms with van der Waals surface area (Å²) in [5.41, 5.74) is 3.62. The molecule has 2 aliphatic heterocycles. The molecule has 0 spiro atoms. The van der Waals surface area contributed by atoms with E-state index in [1.165, 1.54) is 51.9 Å². The summed E-state index contributed by atoms with van der Waals surface area (Å²) in [7, 11) is 7.02. The van der Waals surface area contributed by atoms with Gasteiger partial charge in [-0.3, -0.25) is 38.9 Å². The monoisotopic (exact) mass is 1020 g/mol. The van der Waals surface area contributed by atoms with Crippen molar-refractivity contribution in [3.63, 3.8) is 0 Å². The van der Waals surface area contributed by atoms with Gasteiger partial charge in [-0.1, -0.05) is 18.2 Å². The summed E-state index contributed by atoms with van der Waals surface area (Å²) in [6.45, 7) is 4.90. The number of halogens is 4. The molecule has 13 nitrogen and oxygen atoms in total. The molecule has 1 N–H and O–H groups in total. The minimum absolute atomic E-state index is 0. The number of hydrogen-bond donors (Lipinski definition) is 1. The maximum absolute atomic E-state index is 12.9. The van der Waals surface area contributed by atoms with E-state index in [0.717, 1.165) is 40.7 Å². The number of rotatable bonds is 2. The number of aldehydes is 1. The Hall–Kier alpha value is -3.47. The molecule has 6 aromatic heterocycles. The van der Waals surface area contributed by atoms with Gasteiger partial charge in [0.2, 0.25) is 5.91 Å². The molecule has 0 aliphatic carbocycles. The number of carbonyl (C=O) groups excluding carboxylic acids is 3. The zero-order valence-corrected chi connectivity index (χ0v) is 39.6.